The number of rotatable bonds is 7. The lowest BCUT2D eigenvalue weighted by Crippen LogP contribution is -2.05. The standard InChI is InChI=1S/C25H25F2N9O2S/c1-12-8-20(29-14(3)28-12)31-21-11-18(22-24(32-21)34-25(33-22)23(26)27)30-16-7-6-15(10-19(16)39(5,37)38)17-9-13(2)36(4)35-17/h6-11,23H,1-5H3,(H3,28,29,30,31,32,33,34). The summed E-state index contributed by atoms with van der Waals surface area (Å²) in [5.74, 6) is 0.710. The average Bonchev–Trinajstić information content (AvgIpc) is 3.41. The molecule has 202 valence electrons. The molecule has 1 aromatic carbocycles. The van der Waals surface area contributed by atoms with Crippen LogP contribution >= 0.6 is 0 Å². The largest absolute Gasteiger partial charge is 0.352 e. The second-order valence-electron chi connectivity index (χ2n) is 9.14. The van der Waals surface area contributed by atoms with Gasteiger partial charge in [-0.15, -0.1) is 0 Å². The molecule has 0 amide bonds. The first-order chi connectivity index (χ1) is 18.4. The second kappa shape index (κ2) is 9.69. The summed E-state index contributed by atoms with van der Waals surface area (Å²) < 4.78 is 54.3. The fourth-order valence-electron chi connectivity index (χ4n) is 4.12. The van der Waals surface area contributed by atoms with Crippen molar-refractivity contribution in [1.29, 1.82) is 0 Å². The summed E-state index contributed by atoms with van der Waals surface area (Å²) in [4.78, 5) is 19.5. The number of hydrogen-bond donors (Lipinski definition) is 3. The van der Waals surface area contributed by atoms with Crippen molar-refractivity contribution in [3.8, 4) is 11.3 Å². The number of halogens is 2. The Balaban J connectivity index is 1.61. The average molecular weight is 554 g/mol. The van der Waals surface area contributed by atoms with Gasteiger partial charge in [0.1, 0.15) is 23.0 Å². The van der Waals surface area contributed by atoms with Crippen LogP contribution < -0.4 is 10.6 Å². The maximum Gasteiger partial charge on any atom is 0.295 e. The first-order valence-corrected chi connectivity index (χ1v) is 13.7. The summed E-state index contributed by atoms with van der Waals surface area (Å²) in [7, 11) is -1.91. The van der Waals surface area contributed by atoms with Crippen molar-refractivity contribution in [3.05, 3.63) is 59.4 Å². The van der Waals surface area contributed by atoms with Crippen molar-refractivity contribution in [2.75, 3.05) is 16.9 Å². The van der Waals surface area contributed by atoms with E-state index >= 15 is 0 Å². The highest BCUT2D eigenvalue weighted by atomic mass is 32.2. The lowest BCUT2D eigenvalue weighted by Gasteiger charge is -2.14. The number of anilines is 4. The molecule has 5 aromatic rings. The number of aromatic amines is 1. The van der Waals surface area contributed by atoms with Gasteiger partial charge in [-0.25, -0.2) is 37.1 Å². The van der Waals surface area contributed by atoms with Gasteiger partial charge in [-0.3, -0.25) is 4.68 Å². The number of hydrogen-bond acceptors (Lipinski definition) is 9. The number of alkyl halides is 2. The Morgan fingerprint density at radius 2 is 1.67 bits per heavy atom. The third-order valence-electron chi connectivity index (χ3n) is 5.96. The van der Waals surface area contributed by atoms with Crippen molar-refractivity contribution in [2.45, 2.75) is 32.1 Å². The molecule has 0 radical (unpaired) electrons. The molecule has 11 nitrogen and oxygen atoms in total. The van der Waals surface area contributed by atoms with Crippen LogP contribution in [-0.2, 0) is 16.9 Å². The Labute approximate surface area is 222 Å². The van der Waals surface area contributed by atoms with Crippen LogP contribution in [0, 0.1) is 20.8 Å². The first kappa shape index (κ1) is 26.2. The Kier molecular flexibility index (Phi) is 6.50. The Morgan fingerprint density at radius 3 is 2.31 bits per heavy atom. The van der Waals surface area contributed by atoms with E-state index < -0.39 is 22.1 Å². The number of sulfone groups is 1. The van der Waals surface area contributed by atoms with E-state index in [-0.39, 0.29) is 33.3 Å². The van der Waals surface area contributed by atoms with Crippen LogP contribution in [0.4, 0.5) is 31.8 Å². The minimum absolute atomic E-state index is 0.00875. The molecule has 0 saturated heterocycles. The molecule has 0 aliphatic carbocycles. The molecule has 4 aromatic heterocycles. The number of aryl methyl sites for hydroxylation is 4. The predicted octanol–water partition coefficient (Wildman–Crippen LogP) is 4.90. The minimum Gasteiger partial charge on any atom is -0.352 e. The van der Waals surface area contributed by atoms with Gasteiger partial charge in [0.15, 0.2) is 21.3 Å². The van der Waals surface area contributed by atoms with Gasteiger partial charge in [0, 0.05) is 42.4 Å². The topological polar surface area (TPSA) is 143 Å². The van der Waals surface area contributed by atoms with Crippen LogP contribution in [0.15, 0.2) is 41.3 Å². The number of nitrogens with zero attached hydrogens (tertiary/aromatic N) is 6. The number of nitrogens with one attached hydrogen (secondary N) is 3. The van der Waals surface area contributed by atoms with E-state index in [2.05, 4.69) is 40.7 Å². The predicted molar refractivity (Wildman–Crippen MR) is 143 cm³/mol. The third kappa shape index (κ3) is 5.41. The van der Waals surface area contributed by atoms with Gasteiger partial charge in [-0.05, 0) is 39.0 Å². The van der Waals surface area contributed by atoms with Crippen LogP contribution in [0.3, 0.4) is 0 Å². The van der Waals surface area contributed by atoms with E-state index in [1.165, 1.54) is 6.07 Å². The summed E-state index contributed by atoms with van der Waals surface area (Å²) in [6.45, 7) is 5.45. The van der Waals surface area contributed by atoms with Crippen molar-refractivity contribution < 1.29 is 17.2 Å². The zero-order chi connectivity index (χ0) is 28.1. The van der Waals surface area contributed by atoms with Gasteiger partial charge in [0.25, 0.3) is 6.43 Å². The molecular formula is C25H25F2N9O2S. The molecule has 0 saturated carbocycles. The maximum atomic E-state index is 13.5. The van der Waals surface area contributed by atoms with Crippen molar-refractivity contribution in [2.24, 2.45) is 7.05 Å². The van der Waals surface area contributed by atoms with Gasteiger partial charge >= 0.3 is 0 Å². The number of benzene rings is 1. The van der Waals surface area contributed by atoms with Gasteiger partial charge in [-0.2, -0.15) is 5.10 Å². The van der Waals surface area contributed by atoms with E-state index in [9.17, 15) is 17.2 Å². The lowest BCUT2D eigenvalue weighted by atomic mass is 10.1. The van der Waals surface area contributed by atoms with Crippen LogP contribution in [0.1, 0.15) is 29.5 Å². The maximum absolute atomic E-state index is 13.5. The molecule has 0 aliphatic rings. The van der Waals surface area contributed by atoms with Gasteiger partial charge in [0.2, 0.25) is 0 Å². The molecule has 0 fully saturated rings. The smallest absolute Gasteiger partial charge is 0.295 e. The zero-order valence-corrected chi connectivity index (χ0v) is 22.5. The Bertz CT molecular complexity index is 1790. The number of H-pyrrole nitrogens is 1. The highest BCUT2D eigenvalue weighted by Gasteiger charge is 2.21. The first-order valence-electron chi connectivity index (χ1n) is 11.8. The molecule has 0 spiro atoms. The number of pyridine rings is 1. The molecule has 3 N–H and O–H groups in total. The van der Waals surface area contributed by atoms with Crippen molar-refractivity contribution >= 4 is 44.0 Å². The van der Waals surface area contributed by atoms with Crippen molar-refractivity contribution in [1.82, 2.24) is 34.7 Å². The zero-order valence-electron chi connectivity index (χ0n) is 21.7. The van der Waals surface area contributed by atoms with Crippen molar-refractivity contribution in [3.63, 3.8) is 0 Å². The molecule has 0 atom stereocenters. The third-order valence-corrected chi connectivity index (χ3v) is 7.10. The number of aromatic nitrogens is 7. The van der Waals surface area contributed by atoms with Crippen LogP contribution in [0.5, 0.6) is 0 Å². The van der Waals surface area contributed by atoms with Crippen LogP contribution in [0.2, 0.25) is 0 Å². The quantitative estimate of drug-likeness (QED) is 0.256. The van der Waals surface area contributed by atoms with E-state index in [0.717, 1.165) is 17.6 Å². The van der Waals surface area contributed by atoms with Gasteiger partial charge in [-0.1, -0.05) is 6.07 Å². The Morgan fingerprint density at radius 1 is 0.923 bits per heavy atom. The molecule has 0 aliphatic heterocycles. The van der Waals surface area contributed by atoms with Gasteiger partial charge < -0.3 is 15.6 Å². The molecular weight excluding hydrogens is 528 g/mol. The summed E-state index contributed by atoms with van der Waals surface area (Å²) >= 11 is 0. The molecule has 4 heterocycles. The summed E-state index contributed by atoms with van der Waals surface area (Å²) in [5, 5.41) is 10.6. The van der Waals surface area contributed by atoms with Crippen LogP contribution in [0.25, 0.3) is 22.4 Å². The van der Waals surface area contributed by atoms with Crippen LogP contribution in [-0.4, -0.2) is 49.4 Å². The molecule has 39 heavy (non-hydrogen) atoms. The van der Waals surface area contributed by atoms with E-state index in [1.807, 2.05) is 19.9 Å². The summed E-state index contributed by atoms with van der Waals surface area (Å²) in [6.07, 6.45) is -1.76. The highest BCUT2D eigenvalue weighted by Crippen LogP contribution is 2.34. The SMILES string of the molecule is Cc1cc(Nc2cc(Nc3ccc(-c4cc(C)n(C)n4)cc3S(C)(=O)=O)c3nc(C(F)F)[nH]c3n2)nc(C)n1. The lowest BCUT2D eigenvalue weighted by molar-refractivity contribution is 0.142. The van der Waals surface area contributed by atoms with E-state index in [0.29, 0.717) is 22.9 Å². The highest BCUT2D eigenvalue weighted by molar-refractivity contribution is 7.90. The fraction of sp³-hybridized carbons (Fsp3) is 0.240. The number of fused-ring (bicyclic) bond motifs is 1. The fourth-order valence-corrected chi connectivity index (χ4v) is 4.98. The monoisotopic (exact) mass is 553 g/mol. The molecule has 14 heteroatoms. The van der Waals surface area contributed by atoms with Gasteiger partial charge in [0.05, 0.1) is 22.0 Å². The number of imidazole rings is 1. The molecule has 5 rings (SSSR count). The Hall–Kier alpha value is -4.46. The molecule has 0 bridgehead atoms. The van der Waals surface area contributed by atoms with E-state index in [4.69, 9.17) is 0 Å². The summed E-state index contributed by atoms with van der Waals surface area (Å²) in [5.41, 5.74) is 3.58. The molecule has 0 unspecified atom stereocenters. The second-order valence-corrected chi connectivity index (χ2v) is 11.1. The minimum atomic E-state index is -3.71. The normalized spacial score (nSPS) is 11.9. The van der Waals surface area contributed by atoms with E-state index in [1.54, 1.807) is 42.9 Å². The summed E-state index contributed by atoms with van der Waals surface area (Å²) in [6, 6.07) is 9.98.